The Morgan fingerprint density at radius 1 is 1.03 bits per heavy atom. The van der Waals surface area contributed by atoms with E-state index in [4.69, 9.17) is 13.9 Å². The van der Waals surface area contributed by atoms with Crippen molar-refractivity contribution in [2.45, 2.75) is 39.4 Å². The molecule has 3 rings (SSSR count). The summed E-state index contributed by atoms with van der Waals surface area (Å²) in [5.41, 5.74) is 2.50. The van der Waals surface area contributed by atoms with Gasteiger partial charge < -0.3 is 13.9 Å². The second-order valence-corrected chi connectivity index (χ2v) is 7.72. The number of carbonyl (C=O) groups excluding carboxylic acids is 2. The first kappa shape index (κ1) is 20.4. The van der Waals surface area contributed by atoms with Crippen LogP contribution < -0.4 is 4.74 Å². The molecule has 0 fully saturated rings. The lowest BCUT2D eigenvalue weighted by molar-refractivity contribution is -0.153. The van der Waals surface area contributed by atoms with Crippen LogP contribution in [0, 0.1) is 0 Å². The van der Waals surface area contributed by atoms with Crippen LogP contribution in [-0.4, -0.2) is 17.9 Å². The third-order valence-corrected chi connectivity index (χ3v) is 4.10. The number of benzene rings is 2. The van der Waals surface area contributed by atoms with Gasteiger partial charge in [-0.3, -0.25) is 9.59 Å². The molecule has 0 aliphatic heterocycles. The molecular weight excluding hydrogens is 368 g/mol. The molecule has 0 unspecified atom stereocenters. The van der Waals surface area contributed by atoms with Gasteiger partial charge in [-0.1, -0.05) is 24.3 Å². The Bertz CT molecular complexity index is 981. The SMILES string of the molecule is CC(C)(C)OC(=O)Cc1cccc(COc2ccc(-c3ccco3)c(C=O)c2)c1. The van der Waals surface area contributed by atoms with E-state index in [1.54, 1.807) is 36.6 Å². The first-order valence-corrected chi connectivity index (χ1v) is 9.39. The average Bonchev–Trinajstić information content (AvgIpc) is 3.19. The Kier molecular flexibility index (Phi) is 6.17. The molecule has 0 bridgehead atoms. The highest BCUT2D eigenvalue weighted by Gasteiger charge is 2.16. The monoisotopic (exact) mass is 392 g/mol. The van der Waals surface area contributed by atoms with Gasteiger partial charge in [0, 0.05) is 11.1 Å². The molecule has 0 saturated heterocycles. The first-order chi connectivity index (χ1) is 13.8. The molecule has 29 heavy (non-hydrogen) atoms. The Morgan fingerprint density at radius 2 is 1.83 bits per heavy atom. The summed E-state index contributed by atoms with van der Waals surface area (Å²) < 4.78 is 16.6. The second kappa shape index (κ2) is 8.78. The summed E-state index contributed by atoms with van der Waals surface area (Å²) in [6.45, 7) is 5.86. The van der Waals surface area contributed by atoms with Crippen molar-refractivity contribution in [3.8, 4) is 17.1 Å². The lowest BCUT2D eigenvalue weighted by Gasteiger charge is -2.19. The van der Waals surface area contributed by atoms with Crippen molar-refractivity contribution in [1.82, 2.24) is 0 Å². The molecule has 1 aromatic heterocycles. The van der Waals surface area contributed by atoms with Gasteiger partial charge in [-0.25, -0.2) is 0 Å². The normalized spacial score (nSPS) is 11.1. The summed E-state index contributed by atoms with van der Waals surface area (Å²) in [7, 11) is 0. The highest BCUT2D eigenvalue weighted by Crippen LogP contribution is 2.27. The molecular formula is C24H24O5. The summed E-state index contributed by atoms with van der Waals surface area (Å²) in [6, 6.07) is 16.5. The maximum atomic E-state index is 12.0. The van der Waals surface area contributed by atoms with E-state index < -0.39 is 5.60 Å². The highest BCUT2D eigenvalue weighted by molar-refractivity contribution is 5.86. The van der Waals surface area contributed by atoms with Crippen molar-refractivity contribution in [1.29, 1.82) is 0 Å². The fourth-order valence-corrected chi connectivity index (χ4v) is 2.92. The predicted octanol–water partition coefficient (Wildman–Crippen LogP) is 5.22. The number of furan rings is 1. The van der Waals surface area contributed by atoms with Crippen molar-refractivity contribution in [2.75, 3.05) is 0 Å². The fourth-order valence-electron chi connectivity index (χ4n) is 2.92. The topological polar surface area (TPSA) is 65.7 Å². The highest BCUT2D eigenvalue weighted by atomic mass is 16.6. The Labute approximate surface area is 170 Å². The molecule has 0 atom stereocenters. The lowest BCUT2D eigenvalue weighted by Crippen LogP contribution is -2.24. The molecule has 0 N–H and O–H groups in total. The molecule has 0 aliphatic rings. The number of hydrogen-bond acceptors (Lipinski definition) is 5. The molecule has 150 valence electrons. The second-order valence-electron chi connectivity index (χ2n) is 7.72. The van der Waals surface area contributed by atoms with E-state index in [0.717, 1.165) is 23.0 Å². The van der Waals surface area contributed by atoms with Crippen molar-refractivity contribution in [3.05, 3.63) is 77.6 Å². The van der Waals surface area contributed by atoms with Gasteiger partial charge >= 0.3 is 5.97 Å². The third-order valence-electron chi connectivity index (χ3n) is 4.10. The molecule has 3 aromatic rings. The molecule has 0 spiro atoms. The fraction of sp³-hybridized carbons (Fsp3) is 0.250. The standard InChI is InChI=1S/C24H24O5/c1-24(2,3)29-23(26)13-17-6-4-7-18(12-17)16-28-20-9-10-21(19(14-20)15-25)22-8-5-11-27-22/h4-12,14-15H,13,16H2,1-3H3. The minimum atomic E-state index is -0.504. The van der Waals surface area contributed by atoms with Gasteiger partial charge in [0.1, 0.15) is 23.7 Å². The van der Waals surface area contributed by atoms with Crippen molar-refractivity contribution in [2.24, 2.45) is 0 Å². The van der Waals surface area contributed by atoms with Gasteiger partial charge in [0.05, 0.1) is 12.7 Å². The first-order valence-electron chi connectivity index (χ1n) is 9.39. The zero-order valence-electron chi connectivity index (χ0n) is 16.8. The van der Waals surface area contributed by atoms with Crippen molar-refractivity contribution in [3.63, 3.8) is 0 Å². The quantitative estimate of drug-likeness (QED) is 0.407. The average molecular weight is 392 g/mol. The number of rotatable bonds is 7. The Balaban J connectivity index is 1.66. The van der Waals surface area contributed by atoms with Crippen molar-refractivity contribution >= 4 is 12.3 Å². The van der Waals surface area contributed by atoms with Crippen LogP contribution in [0.15, 0.2) is 65.3 Å². The molecule has 0 saturated carbocycles. The van der Waals surface area contributed by atoms with E-state index in [-0.39, 0.29) is 12.4 Å². The number of ether oxygens (including phenoxy) is 2. The van der Waals surface area contributed by atoms with E-state index in [9.17, 15) is 9.59 Å². The van der Waals surface area contributed by atoms with Gasteiger partial charge in [0.25, 0.3) is 0 Å². The summed E-state index contributed by atoms with van der Waals surface area (Å²) in [5.74, 6) is 0.952. The molecule has 2 aromatic carbocycles. The van der Waals surface area contributed by atoms with E-state index in [0.29, 0.717) is 23.7 Å². The number of aldehydes is 1. The van der Waals surface area contributed by atoms with Crippen LogP contribution in [0.1, 0.15) is 42.3 Å². The Hall–Kier alpha value is -3.34. The number of carbonyl (C=O) groups is 2. The number of esters is 1. The molecule has 0 aliphatic carbocycles. The van der Waals surface area contributed by atoms with E-state index in [1.807, 2.05) is 45.0 Å². The minimum absolute atomic E-state index is 0.207. The Morgan fingerprint density at radius 3 is 2.52 bits per heavy atom. The van der Waals surface area contributed by atoms with Gasteiger partial charge in [0.15, 0.2) is 6.29 Å². The third kappa shape index (κ3) is 5.82. The zero-order chi connectivity index (χ0) is 20.9. The van der Waals surface area contributed by atoms with Gasteiger partial charge in [-0.05, 0) is 62.2 Å². The van der Waals surface area contributed by atoms with Crippen LogP contribution in [0.2, 0.25) is 0 Å². The van der Waals surface area contributed by atoms with Crippen LogP contribution in [-0.2, 0) is 22.6 Å². The maximum absolute atomic E-state index is 12.0. The molecule has 0 amide bonds. The molecule has 5 nitrogen and oxygen atoms in total. The van der Waals surface area contributed by atoms with Crippen LogP contribution in [0.5, 0.6) is 5.75 Å². The largest absolute Gasteiger partial charge is 0.489 e. The van der Waals surface area contributed by atoms with Crippen LogP contribution in [0.3, 0.4) is 0 Å². The number of hydrogen-bond donors (Lipinski definition) is 0. The van der Waals surface area contributed by atoms with Gasteiger partial charge in [-0.2, -0.15) is 0 Å². The smallest absolute Gasteiger partial charge is 0.310 e. The molecule has 0 radical (unpaired) electrons. The van der Waals surface area contributed by atoms with Gasteiger partial charge in [0.2, 0.25) is 0 Å². The van der Waals surface area contributed by atoms with E-state index in [2.05, 4.69) is 0 Å². The zero-order valence-corrected chi connectivity index (χ0v) is 16.8. The van der Waals surface area contributed by atoms with Crippen LogP contribution in [0.25, 0.3) is 11.3 Å². The predicted molar refractivity (Wildman–Crippen MR) is 110 cm³/mol. The summed E-state index contributed by atoms with van der Waals surface area (Å²) in [6.07, 6.45) is 2.56. The van der Waals surface area contributed by atoms with E-state index in [1.165, 1.54) is 0 Å². The summed E-state index contributed by atoms with van der Waals surface area (Å²) in [4.78, 5) is 23.5. The van der Waals surface area contributed by atoms with Gasteiger partial charge in [-0.15, -0.1) is 0 Å². The minimum Gasteiger partial charge on any atom is -0.489 e. The molecule has 5 heteroatoms. The van der Waals surface area contributed by atoms with Crippen molar-refractivity contribution < 1.29 is 23.5 Å². The lowest BCUT2D eigenvalue weighted by atomic mass is 10.1. The van der Waals surface area contributed by atoms with E-state index >= 15 is 0 Å². The maximum Gasteiger partial charge on any atom is 0.310 e. The summed E-state index contributed by atoms with van der Waals surface area (Å²) in [5, 5.41) is 0. The summed E-state index contributed by atoms with van der Waals surface area (Å²) >= 11 is 0. The van der Waals surface area contributed by atoms with Crippen LogP contribution >= 0.6 is 0 Å². The molecule has 1 heterocycles. The van der Waals surface area contributed by atoms with Crippen LogP contribution in [0.4, 0.5) is 0 Å².